The van der Waals surface area contributed by atoms with Gasteiger partial charge in [0.1, 0.15) is 11.4 Å². The second-order valence-corrected chi connectivity index (χ2v) is 6.12. The average Bonchev–Trinajstić information content (AvgIpc) is 3.33. The molecule has 0 aliphatic carbocycles. The van der Waals surface area contributed by atoms with Crippen molar-refractivity contribution in [3.8, 4) is 5.82 Å². The van der Waals surface area contributed by atoms with Crippen LogP contribution in [0, 0.1) is 0 Å². The fraction of sp³-hybridized carbons (Fsp3) is 0.0476. The van der Waals surface area contributed by atoms with Crippen LogP contribution < -0.4 is 10.6 Å². The molecule has 134 valence electrons. The van der Waals surface area contributed by atoms with Crippen LogP contribution in [-0.2, 0) is 7.05 Å². The number of carbonyl (C=O) groups is 1. The number of nitrogens with zero attached hydrogens (tertiary/aromatic N) is 3. The van der Waals surface area contributed by atoms with Crippen LogP contribution in [0.15, 0.2) is 85.3 Å². The Morgan fingerprint density at radius 2 is 1.48 bits per heavy atom. The highest BCUT2D eigenvalue weighted by Crippen LogP contribution is 2.20. The molecule has 2 aromatic heterocycles. The molecule has 1 amide bonds. The molecule has 4 aromatic rings. The van der Waals surface area contributed by atoms with E-state index in [-0.39, 0.29) is 5.91 Å². The van der Waals surface area contributed by atoms with Gasteiger partial charge in [0.05, 0.1) is 6.20 Å². The summed E-state index contributed by atoms with van der Waals surface area (Å²) in [4.78, 5) is 12.7. The van der Waals surface area contributed by atoms with Gasteiger partial charge in [0.25, 0.3) is 5.91 Å². The fourth-order valence-electron chi connectivity index (χ4n) is 2.90. The van der Waals surface area contributed by atoms with Crippen molar-refractivity contribution in [3.63, 3.8) is 0 Å². The Bertz CT molecular complexity index is 1030. The first-order valence-corrected chi connectivity index (χ1v) is 8.59. The Kier molecular flexibility index (Phi) is 4.45. The molecule has 0 fully saturated rings. The zero-order chi connectivity index (χ0) is 18.6. The lowest BCUT2D eigenvalue weighted by molar-refractivity contribution is 0.102. The van der Waals surface area contributed by atoms with Crippen LogP contribution in [0.25, 0.3) is 5.82 Å². The molecule has 0 unspecified atom stereocenters. The lowest BCUT2D eigenvalue weighted by Crippen LogP contribution is -2.14. The Balaban J connectivity index is 1.49. The van der Waals surface area contributed by atoms with Crippen molar-refractivity contribution in [3.05, 3.63) is 90.9 Å². The molecule has 0 saturated carbocycles. The monoisotopic (exact) mass is 357 g/mol. The van der Waals surface area contributed by atoms with Gasteiger partial charge in [-0.25, -0.2) is 0 Å². The third kappa shape index (κ3) is 3.59. The van der Waals surface area contributed by atoms with E-state index in [0.29, 0.717) is 5.56 Å². The maximum atomic E-state index is 12.7. The quantitative estimate of drug-likeness (QED) is 0.562. The molecule has 0 atom stereocenters. The molecule has 2 aromatic carbocycles. The van der Waals surface area contributed by atoms with Gasteiger partial charge in [-0.2, -0.15) is 5.10 Å². The predicted molar refractivity (Wildman–Crippen MR) is 107 cm³/mol. The van der Waals surface area contributed by atoms with Crippen LogP contribution in [0.1, 0.15) is 10.4 Å². The minimum absolute atomic E-state index is 0.199. The second-order valence-electron chi connectivity index (χ2n) is 6.12. The molecule has 0 aliphatic rings. The van der Waals surface area contributed by atoms with E-state index in [1.54, 1.807) is 10.9 Å². The number of amides is 1. The molecular formula is C21H19N5O. The maximum absolute atomic E-state index is 12.7. The second kappa shape index (κ2) is 7.21. The minimum atomic E-state index is -0.199. The van der Waals surface area contributed by atoms with E-state index in [1.807, 2.05) is 90.7 Å². The highest BCUT2D eigenvalue weighted by molar-refractivity contribution is 6.06. The third-order valence-corrected chi connectivity index (χ3v) is 4.21. The Morgan fingerprint density at radius 3 is 2.19 bits per heavy atom. The van der Waals surface area contributed by atoms with Crippen molar-refractivity contribution in [2.75, 3.05) is 10.6 Å². The number of para-hydroxylation sites is 1. The summed E-state index contributed by atoms with van der Waals surface area (Å²) in [6, 6.07) is 21.4. The molecule has 2 N–H and O–H groups in total. The summed E-state index contributed by atoms with van der Waals surface area (Å²) in [6.07, 6.45) is 5.35. The Hall–Kier alpha value is -3.80. The van der Waals surface area contributed by atoms with Crippen LogP contribution in [0.3, 0.4) is 0 Å². The van der Waals surface area contributed by atoms with Crippen molar-refractivity contribution in [1.29, 1.82) is 0 Å². The number of nitrogens with one attached hydrogen (secondary N) is 2. The molecule has 4 rings (SSSR count). The molecule has 0 spiro atoms. The van der Waals surface area contributed by atoms with Crippen molar-refractivity contribution in [2.24, 2.45) is 7.05 Å². The summed E-state index contributed by atoms with van der Waals surface area (Å²) >= 11 is 0. The van der Waals surface area contributed by atoms with E-state index in [4.69, 9.17) is 0 Å². The van der Waals surface area contributed by atoms with Gasteiger partial charge in [-0.3, -0.25) is 9.48 Å². The SMILES string of the molecule is Cn1ncc(C(=O)Nc2ccc(Nc3ccccc3)cc2)c1-n1cccc1. The molecule has 0 bridgehead atoms. The van der Waals surface area contributed by atoms with Crippen molar-refractivity contribution < 1.29 is 4.79 Å². The highest BCUT2D eigenvalue weighted by atomic mass is 16.1. The van der Waals surface area contributed by atoms with Crippen LogP contribution in [0.2, 0.25) is 0 Å². The first kappa shape index (κ1) is 16.7. The van der Waals surface area contributed by atoms with Crippen LogP contribution in [0.5, 0.6) is 0 Å². The first-order valence-electron chi connectivity index (χ1n) is 8.59. The van der Waals surface area contributed by atoms with E-state index >= 15 is 0 Å². The molecular weight excluding hydrogens is 338 g/mol. The average molecular weight is 357 g/mol. The van der Waals surface area contributed by atoms with Crippen molar-refractivity contribution in [2.45, 2.75) is 0 Å². The zero-order valence-corrected chi connectivity index (χ0v) is 14.8. The van der Waals surface area contributed by atoms with Gasteiger partial charge in [0.2, 0.25) is 0 Å². The number of hydrogen-bond acceptors (Lipinski definition) is 3. The predicted octanol–water partition coefficient (Wildman–Crippen LogP) is 4.21. The summed E-state index contributed by atoms with van der Waals surface area (Å²) in [5.74, 6) is 0.524. The first-order chi connectivity index (χ1) is 13.2. The smallest absolute Gasteiger partial charge is 0.261 e. The molecule has 27 heavy (non-hydrogen) atoms. The fourth-order valence-corrected chi connectivity index (χ4v) is 2.90. The normalized spacial score (nSPS) is 10.6. The van der Waals surface area contributed by atoms with Gasteiger partial charge in [-0.1, -0.05) is 18.2 Å². The number of hydrogen-bond donors (Lipinski definition) is 2. The van der Waals surface area contributed by atoms with Gasteiger partial charge in [0, 0.05) is 36.5 Å². The van der Waals surface area contributed by atoms with Crippen LogP contribution >= 0.6 is 0 Å². The summed E-state index contributed by atoms with van der Waals surface area (Å²) in [5, 5.41) is 10.5. The molecule has 0 radical (unpaired) electrons. The number of aromatic nitrogens is 3. The number of carbonyl (C=O) groups excluding carboxylic acids is 1. The summed E-state index contributed by atoms with van der Waals surface area (Å²) in [6.45, 7) is 0. The van der Waals surface area contributed by atoms with Gasteiger partial charge < -0.3 is 15.2 Å². The van der Waals surface area contributed by atoms with Gasteiger partial charge in [-0.05, 0) is 48.5 Å². The maximum Gasteiger partial charge on any atom is 0.261 e. The van der Waals surface area contributed by atoms with E-state index in [0.717, 1.165) is 22.9 Å². The van der Waals surface area contributed by atoms with Crippen molar-refractivity contribution >= 4 is 23.0 Å². The summed E-state index contributed by atoms with van der Waals surface area (Å²) in [5.41, 5.74) is 3.20. The number of rotatable bonds is 5. The van der Waals surface area contributed by atoms with Crippen LogP contribution in [0.4, 0.5) is 17.1 Å². The minimum Gasteiger partial charge on any atom is -0.356 e. The summed E-state index contributed by atoms with van der Waals surface area (Å²) < 4.78 is 3.55. The van der Waals surface area contributed by atoms with Gasteiger partial charge >= 0.3 is 0 Å². The molecule has 2 heterocycles. The lowest BCUT2D eigenvalue weighted by atomic mass is 10.2. The van der Waals surface area contributed by atoms with E-state index in [2.05, 4.69) is 15.7 Å². The summed E-state index contributed by atoms with van der Waals surface area (Å²) in [7, 11) is 1.82. The van der Waals surface area contributed by atoms with E-state index < -0.39 is 0 Å². The highest BCUT2D eigenvalue weighted by Gasteiger charge is 2.17. The molecule has 0 saturated heterocycles. The lowest BCUT2D eigenvalue weighted by Gasteiger charge is -2.10. The molecule has 6 nitrogen and oxygen atoms in total. The third-order valence-electron chi connectivity index (χ3n) is 4.21. The Morgan fingerprint density at radius 1 is 0.852 bits per heavy atom. The standard InChI is InChI=1S/C21H19N5O/c1-25-21(26-13-5-6-14-26)19(15-22-25)20(27)24-18-11-9-17(10-12-18)23-16-7-3-2-4-8-16/h2-15,23H,1H3,(H,24,27). The van der Waals surface area contributed by atoms with E-state index in [1.165, 1.54) is 0 Å². The zero-order valence-electron chi connectivity index (χ0n) is 14.8. The van der Waals surface area contributed by atoms with Gasteiger partial charge in [0.15, 0.2) is 0 Å². The topological polar surface area (TPSA) is 63.9 Å². The Labute approximate surface area is 157 Å². The van der Waals surface area contributed by atoms with Crippen LogP contribution in [-0.4, -0.2) is 20.3 Å². The number of anilines is 3. The molecule has 0 aliphatic heterocycles. The van der Waals surface area contributed by atoms with Gasteiger partial charge in [-0.15, -0.1) is 0 Å². The van der Waals surface area contributed by atoms with Crippen molar-refractivity contribution in [1.82, 2.24) is 14.3 Å². The van der Waals surface area contributed by atoms with E-state index in [9.17, 15) is 4.79 Å². The molecule has 6 heteroatoms. The largest absolute Gasteiger partial charge is 0.356 e. The number of aryl methyl sites for hydroxylation is 1. The number of benzene rings is 2.